The Balaban J connectivity index is 1.54. The van der Waals surface area contributed by atoms with E-state index in [0.29, 0.717) is 33.2 Å². The van der Waals surface area contributed by atoms with Crippen LogP contribution in [0.25, 0.3) is 32.9 Å². The van der Waals surface area contributed by atoms with Crippen LogP contribution in [0.3, 0.4) is 0 Å². The summed E-state index contributed by atoms with van der Waals surface area (Å²) in [5.74, 6) is 0.490. The normalized spacial score (nSPS) is 11.4. The zero-order chi connectivity index (χ0) is 20.0. The Morgan fingerprint density at radius 3 is 2.55 bits per heavy atom. The van der Waals surface area contributed by atoms with Gasteiger partial charge in [0.15, 0.2) is 5.82 Å². The molecule has 3 aromatic carbocycles. The van der Waals surface area contributed by atoms with Crippen molar-refractivity contribution in [2.45, 2.75) is 6.54 Å². The van der Waals surface area contributed by atoms with Gasteiger partial charge in [0.25, 0.3) is 0 Å². The van der Waals surface area contributed by atoms with Crippen molar-refractivity contribution in [1.82, 2.24) is 14.6 Å². The minimum absolute atomic E-state index is 0.343. The first-order valence-electron chi connectivity index (χ1n) is 9.32. The average Bonchev–Trinajstić information content (AvgIpc) is 3.23. The fraction of sp³-hybridized carbons (Fsp3) is 0.0870. The van der Waals surface area contributed by atoms with Gasteiger partial charge < -0.3 is 9.88 Å². The number of nitrogens with one attached hydrogen (secondary N) is 1. The molecule has 0 amide bonds. The van der Waals surface area contributed by atoms with Gasteiger partial charge in [-0.1, -0.05) is 69.5 Å². The number of hydrogen-bond donors (Lipinski definition) is 1. The van der Waals surface area contributed by atoms with Gasteiger partial charge in [0.05, 0.1) is 5.02 Å². The van der Waals surface area contributed by atoms with Gasteiger partial charge in [-0.05, 0) is 29.3 Å². The van der Waals surface area contributed by atoms with E-state index in [1.807, 2.05) is 55.6 Å². The summed E-state index contributed by atoms with van der Waals surface area (Å²) in [5, 5.41) is 9.69. The lowest BCUT2D eigenvalue weighted by Crippen LogP contribution is -2.00. The second kappa shape index (κ2) is 6.94. The van der Waals surface area contributed by atoms with Gasteiger partial charge in [-0.25, -0.2) is 0 Å². The number of anilines is 1. The second-order valence-electron chi connectivity index (χ2n) is 7.06. The monoisotopic (exact) mass is 404 g/mol. The molecule has 0 aliphatic heterocycles. The first kappa shape index (κ1) is 17.8. The molecule has 4 nitrogen and oxygen atoms in total. The van der Waals surface area contributed by atoms with Crippen LogP contribution in [0.1, 0.15) is 5.56 Å². The van der Waals surface area contributed by atoms with E-state index in [2.05, 4.69) is 33.3 Å². The molecule has 5 rings (SSSR count). The van der Waals surface area contributed by atoms with Gasteiger partial charge >= 0.3 is 0 Å². The number of halogens is 2. The van der Waals surface area contributed by atoms with E-state index < -0.39 is 0 Å². The fourth-order valence-electron chi connectivity index (χ4n) is 3.82. The topological polar surface area (TPSA) is 34.8 Å². The van der Waals surface area contributed by atoms with E-state index in [9.17, 15) is 4.48 Å². The number of para-hydroxylation sites is 1. The maximum Gasteiger partial charge on any atom is 0.159 e. The van der Waals surface area contributed by atoms with Gasteiger partial charge in [0, 0.05) is 41.6 Å². The second-order valence-corrected chi connectivity index (χ2v) is 7.47. The number of aromatic nitrogens is 3. The van der Waals surface area contributed by atoms with Crippen molar-refractivity contribution in [2.24, 2.45) is 7.05 Å². The molecule has 5 aromatic rings. The largest absolute Gasteiger partial charge is 0.364 e. The zero-order valence-corrected chi connectivity index (χ0v) is 16.5. The highest BCUT2D eigenvalue weighted by molar-refractivity contribution is 6.34. The van der Waals surface area contributed by atoms with E-state index in [-0.39, 0.29) is 0 Å². The summed E-state index contributed by atoms with van der Waals surface area (Å²) >= 11 is 6.43. The van der Waals surface area contributed by atoms with Crippen LogP contribution in [0, 0.1) is 0 Å². The summed E-state index contributed by atoms with van der Waals surface area (Å²) in [4.78, 5) is 0.376. The molecule has 0 radical (unpaired) electrons. The molecule has 0 saturated heterocycles. The number of nitrogens with zero attached hydrogens (tertiary/aromatic N) is 3. The molecule has 144 valence electrons. The molecular formula is C23H18ClFN4. The highest BCUT2D eigenvalue weighted by Crippen LogP contribution is 2.35. The number of benzene rings is 3. The minimum Gasteiger partial charge on any atom is -0.364 e. The summed E-state index contributed by atoms with van der Waals surface area (Å²) in [6.07, 6.45) is 2.08. The number of fused-ring (bicyclic) bond motifs is 2. The molecule has 0 bridgehead atoms. The SMILES string of the molecule is Cn1cc(CNc2nn(F)c3cc(Cl)c(-c4ccccc4)cc23)c2ccccc21. The summed E-state index contributed by atoms with van der Waals surface area (Å²) in [6.45, 7) is 0.538. The number of hydrogen-bond acceptors (Lipinski definition) is 2. The third-order valence-corrected chi connectivity index (χ3v) is 5.55. The van der Waals surface area contributed by atoms with Crippen molar-refractivity contribution in [1.29, 1.82) is 0 Å². The van der Waals surface area contributed by atoms with Gasteiger partial charge in [-0.3, -0.25) is 0 Å². The maximum absolute atomic E-state index is 14.4. The van der Waals surface area contributed by atoms with Crippen LogP contribution >= 0.6 is 11.6 Å². The Morgan fingerprint density at radius 1 is 0.966 bits per heavy atom. The third kappa shape index (κ3) is 3.04. The maximum atomic E-state index is 14.4. The highest BCUT2D eigenvalue weighted by atomic mass is 35.5. The molecule has 0 spiro atoms. The zero-order valence-electron chi connectivity index (χ0n) is 15.7. The van der Waals surface area contributed by atoms with Crippen molar-refractivity contribution in [3.8, 4) is 11.1 Å². The van der Waals surface area contributed by atoms with Gasteiger partial charge in [0.1, 0.15) is 5.52 Å². The Hall–Kier alpha value is -3.31. The quantitative estimate of drug-likeness (QED) is 0.387. The average molecular weight is 405 g/mol. The predicted octanol–water partition coefficient (Wildman–Crippen LogP) is 6.19. The van der Waals surface area contributed by atoms with Crippen molar-refractivity contribution in [3.63, 3.8) is 0 Å². The Morgan fingerprint density at radius 2 is 1.72 bits per heavy atom. The van der Waals surface area contributed by atoms with Gasteiger partial charge in [-0.2, -0.15) is 0 Å². The summed E-state index contributed by atoms with van der Waals surface area (Å²) < 4.78 is 16.5. The van der Waals surface area contributed by atoms with E-state index in [0.717, 1.165) is 22.2 Å². The van der Waals surface area contributed by atoms with Crippen LogP contribution in [-0.4, -0.2) is 14.6 Å². The van der Waals surface area contributed by atoms with Gasteiger partial charge in [0.2, 0.25) is 0 Å². The number of aryl methyl sites for hydroxylation is 1. The molecule has 0 aliphatic rings. The van der Waals surface area contributed by atoms with Crippen molar-refractivity contribution >= 4 is 39.2 Å². The van der Waals surface area contributed by atoms with E-state index in [1.54, 1.807) is 6.07 Å². The van der Waals surface area contributed by atoms with Crippen molar-refractivity contribution in [3.05, 3.63) is 83.5 Å². The molecule has 0 aliphatic carbocycles. The van der Waals surface area contributed by atoms with Crippen molar-refractivity contribution in [2.75, 3.05) is 5.32 Å². The minimum atomic E-state index is 0.343. The molecule has 0 saturated carbocycles. The van der Waals surface area contributed by atoms with Crippen LogP contribution in [0.5, 0.6) is 0 Å². The molecule has 0 unspecified atom stereocenters. The van der Waals surface area contributed by atoms with Crippen LogP contribution in [-0.2, 0) is 13.6 Å². The standard InChI is InChI=1S/C23H18ClFN4/c1-28-14-16(17-9-5-6-10-21(17)28)13-26-23-19-11-18(15-7-3-2-4-8-15)20(24)12-22(19)29(25)27-23/h2-12,14H,13H2,1H3,(H,26,27). The first-order chi connectivity index (χ1) is 14.1. The van der Waals surface area contributed by atoms with Crippen molar-refractivity contribution < 1.29 is 4.48 Å². The van der Waals surface area contributed by atoms with E-state index in [4.69, 9.17) is 11.6 Å². The predicted molar refractivity (Wildman–Crippen MR) is 117 cm³/mol. The first-order valence-corrected chi connectivity index (χ1v) is 9.70. The third-order valence-electron chi connectivity index (χ3n) is 5.24. The molecule has 0 atom stereocenters. The molecule has 2 aromatic heterocycles. The lowest BCUT2D eigenvalue weighted by atomic mass is 10.0. The lowest BCUT2D eigenvalue weighted by molar-refractivity contribution is 0.334. The van der Waals surface area contributed by atoms with E-state index >= 15 is 0 Å². The Labute approximate surface area is 172 Å². The molecule has 0 fully saturated rings. The molecule has 2 heterocycles. The molecule has 29 heavy (non-hydrogen) atoms. The van der Waals surface area contributed by atoms with Crippen LogP contribution in [0.2, 0.25) is 5.02 Å². The smallest absolute Gasteiger partial charge is 0.159 e. The van der Waals surface area contributed by atoms with Crippen LogP contribution in [0.4, 0.5) is 10.3 Å². The Kier molecular flexibility index (Phi) is 4.25. The summed E-state index contributed by atoms with van der Waals surface area (Å²) in [5.41, 5.74) is 4.45. The molecular weight excluding hydrogens is 387 g/mol. The molecule has 1 N–H and O–H groups in total. The Bertz CT molecular complexity index is 1340. The molecule has 6 heteroatoms. The number of rotatable bonds is 4. The van der Waals surface area contributed by atoms with Gasteiger partial charge in [-0.15, -0.1) is 5.10 Å². The van der Waals surface area contributed by atoms with Crippen LogP contribution < -0.4 is 5.32 Å². The summed E-state index contributed by atoms with van der Waals surface area (Å²) in [6, 6.07) is 21.5. The van der Waals surface area contributed by atoms with Crippen LogP contribution in [0.15, 0.2) is 72.9 Å². The fourth-order valence-corrected chi connectivity index (χ4v) is 4.08. The summed E-state index contributed by atoms with van der Waals surface area (Å²) in [7, 11) is 2.02. The lowest BCUT2D eigenvalue weighted by Gasteiger charge is -2.06. The highest BCUT2D eigenvalue weighted by Gasteiger charge is 2.15. The van der Waals surface area contributed by atoms with E-state index in [1.165, 1.54) is 5.39 Å².